The number of aryl methyl sites for hydroxylation is 1. The summed E-state index contributed by atoms with van der Waals surface area (Å²) >= 11 is 8.75. The van der Waals surface area contributed by atoms with E-state index in [0.29, 0.717) is 29.1 Å². The molecule has 0 saturated carbocycles. The second-order valence-corrected chi connectivity index (χ2v) is 7.94. The van der Waals surface area contributed by atoms with Crippen LogP contribution < -0.4 is 5.32 Å². The minimum absolute atomic E-state index is 0.0769. The highest BCUT2D eigenvalue weighted by Gasteiger charge is 2.11. The van der Waals surface area contributed by atoms with E-state index in [4.69, 9.17) is 16.0 Å². The molecule has 2 aromatic heterocycles. The van der Waals surface area contributed by atoms with Crippen LogP contribution in [0.1, 0.15) is 22.2 Å². The minimum Gasteiger partial charge on any atom is -0.416 e. The van der Waals surface area contributed by atoms with Gasteiger partial charge in [0.1, 0.15) is 0 Å². The molecular weight excluding hydrogens is 392 g/mol. The van der Waals surface area contributed by atoms with Gasteiger partial charge in [0.05, 0.1) is 22.9 Å². The fourth-order valence-corrected chi connectivity index (χ4v) is 3.67. The first-order chi connectivity index (χ1) is 12.6. The van der Waals surface area contributed by atoms with Crippen molar-refractivity contribution in [2.75, 3.05) is 12.3 Å². The van der Waals surface area contributed by atoms with Crippen LogP contribution in [0.25, 0.3) is 0 Å². The fourth-order valence-electron chi connectivity index (χ4n) is 2.23. The smallest absolute Gasteiger partial charge is 0.277 e. The van der Waals surface area contributed by atoms with Crippen molar-refractivity contribution in [3.63, 3.8) is 0 Å². The average Bonchev–Trinajstić information content (AvgIpc) is 3.22. The van der Waals surface area contributed by atoms with Crippen LogP contribution in [0.15, 0.2) is 39.3 Å². The van der Waals surface area contributed by atoms with Crippen molar-refractivity contribution in [2.24, 2.45) is 0 Å². The summed E-state index contributed by atoms with van der Waals surface area (Å²) in [6, 6.07) is 7.60. The van der Waals surface area contributed by atoms with Crippen molar-refractivity contribution in [3.8, 4) is 0 Å². The number of benzene rings is 1. The van der Waals surface area contributed by atoms with E-state index < -0.39 is 0 Å². The Hall–Kier alpha value is -1.90. The third-order valence-corrected chi connectivity index (χ3v) is 5.27. The zero-order valence-electron chi connectivity index (χ0n) is 14.1. The van der Waals surface area contributed by atoms with Gasteiger partial charge in [0.15, 0.2) is 0 Å². The van der Waals surface area contributed by atoms with E-state index >= 15 is 0 Å². The number of aromatic nitrogens is 3. The Bertz CT molecular complexity index is 881. The monoisotopic (exact) mass is 408 g/mol. The zero-order valence-corrected chi connectivity index (χ0v) is 16.5. The highest BCUT2D eigenvalue weighted by atomic mass is 35.5. The van der Waals surface area contributed by atoms with E-state index in [-0.39, 0.29) is 11.7 Å². The van der Waals surface area contributed by atoms with Gasteiger partial charge in [0.25, 0.3) is 5.22 Å². The summed E-state index contributed by atoms with van der Waals surface area (Å²) < 4.78 is 5.54. The first-order valence-corrected chi connectivity index (χ1v) is 10.2. The number of hydrogen-bond donors (Lipinski definition) is 1. The van der Waals surface area contributed by atoms with Crippen LogP contribution in [0.2, 0.25) is 5.02 Å². The molecule has 1 N–H and O–H groups in total. The fraction of sp³-hybridized carbons (Fsp3) is 0.294. The molecule has 0 bridgehead atoms. The second-order valence-electron chi connectivity index (χ2n) is 5.51. The molecule has 26 heavy (non-hydrogen) atoms. The van der Waals surface area contributed by atoms with Crippen LogP contribution in [0.4, 0.5) is 0 Å². The van der Waals surface area contributed by atoms with Crippen LogP contribution in [0, 0.1) is 6.92 Å². The SMILES string of the molecule is Cc1nc(Cc2nnc(SCC(=O)NCCc3cccc(Cl)c3)o2)cs1. The number of nitrogens with one attached hydrogen (secondary N) is 1. The topological polar surface area (TPSA) is 80.9 Å². The number of hydrogen-bond acceptors (Lipinski definition) is 7. The molecule has 0 aliphatic rings. The summed E-state index contributed by atoms with van der Waals surface area (Å²) in [5.41, 5.74) is 2.00. The van der Waals surface area contributed by atoms with Crippen LogP contribution in [-0.2, 0) is 17.6 Å². The van der Waals surface area contributed by atoms with Crippen LogP contribution in [-0.4, -0.2) is 33.4 Å². The lowest BCUT2D eigenvalue weighted by Crippen LogP contribution is -2.27. The van der Waals surface area contributed by atoms with Gasteiger partial charge >= 0.3 is 0 Å². The number of carbonyl (C=O) groups is 1. The number of thioether (sulfide) groups is 1. The molecule has 0 aliphatic heterocycles. The predicted octanol–water partition coefficient (Wildman–Crippen LogP) is 3.53. The molecule has 3 rings (SSSR count). The maximum absolute atomic E-state index is 11.9. The summed E-state index contributed by atoms with van der Waals surface area (Å²) in [6.07, 6.45) is 1.23. The molecular formula is C17H17ClN4O2S2. The van der Waals surface area contributed by atoms with Gasteiger partial charge < -0.3 is 9.73 Å². The molecule has 136 valence electrons. The van der Waals surface area contributed by atoms with Gasteiger partial charge in [-0.25, -0.2) is 4.98 Å². The van der Waals surface area contributed by atoms with Gasteiger partial charge in [-0.15, -0.1) is 21.5 Å². The van der Waals surface area contributed by atoms with Crippen LogP contribution in [0.5, 0.6) is 0 Å². The standard InChI is InChI=1S/C17H17ClN4O2S2/c1-11-20-14(9-25-11)8-16-21-22-17(24-16)26-10-15(23)19-6-5-12-3-2-4-13(18)7-12/h2-4,7,9H,5-6,8,10H2,1H3,(H,19,23). The average molecular weight is 409 g/mol. The van der Waals surface area contributed by atoms with Crippen molar-refractivity contribution < 1.29 is 9.21 Å². The summed E-state index contributed by atoms with van der Waals surface area (Å²) in [4.78, 5) is 16.3. The Morgan fingerprint density at radius 2 is 2.27 bits per heavy atom. The number of amides is 1. The number of thiazole rings is 1. The zero-order chi connectivity index (χ0) is 18.4. The van der Waals surface area contributed by atoms with Crippen molar-refractivity contribution in [1.29, 1.82) is 0 Å². The molecule has 6 nitrogen and oxygen atoms in total. The third kappa shape index (κ3) is 5.82. The highest BCUT2D eigenvalue weighted by molar-refractivity contribution is 7.99. The van der Waals surface area contributed by atoms with Crippen molar-refractivity contribution in [2.45, 2.75) is 25.0 Å². The van der Waals surface area contributed by atoms with E-state index in [1.807, 2.05) is 36.6 Å². The number of carbonyl (C=O) groups excluding carboxylic acids is 1. The Morgan fingerprint density at radius 1 is 1.38 bits per heavy atom. The Labute approximate surface area is 164 Å². The van der Waals surface area contributed by atoms with Crippen LogP contribution in [0.3, 0.4) is 0 Å². The van der Waals surface area contributed by atoms with Gasteiger partial charge in [-0.3, -0.25) is 4.79 Å². The molecule has 1 amide bonds. The number of halogens is 1. The molecule has 0 atom stereocenters. The summed E-state index contributed by atoms with van der Waals surface area (Å²) in [5.74, 6) is 0.651. The maximum atomic E-state index is 11.9. The minimum atomic E-state index is -0.0769. The largest absolute Gasteiger partial charge is 0.416 e. The molecule has 0 saturated heterocycles. The van der Waals surface area contributed by atoms with Gasteiger partial charge in [0.2, 0.25) is 11.8 Å². The lowest BCUT2D eigenvalue weighted by Gasteiger charge is -2.04. The van der Waals surface area contributed by atoms with Gasteiger partial charge in [0, 0.05) is 16.9 Å². The number of nitrogens with zero attached hydrogens (tertiary/aromatic N) is 3. The molecule has 0 radical (unpaired) electrons. The maximum Gasteiger partial charge on any atom is 0.277 e. The first kappa shape index (κ1) is 18.9. The number of rotatable bonds is 8. The Kier molecular flexibility index (Phi) is 6.65. The summed E-state index contributed by atoms with van der Waals surface area (Å²) in [7, 11) is 0. The molecule has 0 unspecified atom stereocenters. The van der Waals surface area contributed by atoms with Crippen molar-refractivity contribution >= 4 is 40.6 Å². The lowest BCUT2D eigenvalue weighted by molar-refractivity contribution is -0.118. The predicted molar refractivity (Wildman–Crippen MR) is 103 cm³/mol. The van der Waals surface area contributed by atoms with E-state index in [0.717, 1.165) is 22.7 Å². The Balaban J connectivity index is 1.39. The second kappa shape index (κ2) is 9.16. The molecule has 9 heteroatoms. The normalized spacial score (nSPS) is 10.8. The highest BCUT2D eigenvalue weighted by Crippen LogP contribution is 2.18. The molecule has 3 aromatic rings. The van der Waals surface area contributed by atoms with Crippen molar-refractivity contribution in [1.82, 2.24) is 20.5 Å². The molecule has 0 fully saturated rings. The molecule has 0 aliphatic carbocycles. The quantitative estimate of drug-likeness (QED) is 0.574. The van der Waals surface area contributed by atoms with E-state index in [9.17, 15) is 4.79 Å². The summed E-state index contributed by atoms with van der Waals surface area (Å²) in [6.45, 7) is 2.51. The van der Waals surface area contributed by atoms with Gasteiger partial charge in [-0.05, 0) is 31.0 Å². The lowest BCUT2D eigenvalue weighted by atomic mass is 10.1. The molecule has 1 aromatic carbocycles. The van der Waals surface area contributed by atoms with E-state index in [1.54, 1.807) is 11.3 Å². The van der Waals surface area contributed by atoms with E-state index in [2.05, 4.69) is 20.5 Å². The summed E-state index contributed by atoms with van der Waals surface area (Å²) in [5, 5.41) is 14.9. The van der Waals surface area contributed by atoms with E-state index in [1.165, 1.54) is 11.8 Å². The van der Waals surface area contributed by atoms with Crippen molar-refractivity contribution in [3.05, 3.63) is 56.8 Å². The van der Waals surface area contributed by atoms with Gasteiger partial charge in [-0.1, -0.05) is 35.5 Å². The molecule has 2 heterocycles. The Morgan fingerprint density at radius 3 is 3.04 bits per heavy atom. The third-order valence-electron chi connectivity index (χ3n) is 3.40. The van der Waals surface area contributed by atoms with Crippen LogP contribution >= 0.6 is 34.7 Å². The first-order valence-electron chi connectivity index (χ1n) is 7.96. The molecule has 0 spiro atoms. The van der Waals surface area contributed by atoms with Gasteiger partial charge in [-0.2, -0.15) is 0 Å².